The van der Waals surface area contributed by atoms with Crippen molar-refractivity contribution in [2.24, 2.45) is 11.3 Å². The van der Waals surface area contributed by atoms with Gasteiger partial charge in [0.05, 0.1) is 6.61 Å². The number of hydrogen-bond acceptors (Lipinski definition) is 2. The predicted octanol–water partition coefficient (Wildman–Crippen LogP) is 1.10. The summed E-state index contributed by atoms with van der Waals surface area (Å²) in [5, 5.41) is 9.22. The summed E-state index contributed by atoms with van der Waals surface area (Å²) in [7, 11) is 0. The fraction of sp³-hybridized carbons (Fsp3) is 1.00. The van der Waals surface area contributed by atoms with Crippen LogP contribution in [0.4, 0.5) is 0 Å². The molecule has 2 heteroatoms. The Bertz CT molecular complexity index is 193. The first-order valence-corrected chi connectivity index (χ1v) is 4.84. The van der Waals surface area contributed by atoms with Gasteiger partial charge >= 0.3 is 0 Å². The van der Waals surface area contributed by atoms with Crippen LogP contribution < -0.4 is 0 Å². The predicted molar refractivity (Wildman–Crippen MR) is 49.0 cm³/mol. The van der Waals surface area contributed by atoms with E-state index in [9.17, 15) is 5.11 Å². The van der Waals surface area contributed by atoms with E-state index in [1.165, 1.54) is 13.0 Å². The van der Waals surface area contributed by atoms with Gasteiger partial charge in [-0.1, -0.05) is 0 Å². The minimum absolute atomic E-state index is 0.287. The largest absolute Gasteiger partial charge is 0.396 e. The molecule has 1 saturated carbocycles. The van der Waals surface area contributed by atoms with Crippen LogP contribution in [0.2, 0.25) is 0 Å². The van der Waals surface area contributed by atoms with Crippen molar-refractivity contribution < 1.29 is 5.11 Å². The minimum atomic E-state index is 0.287. The molecule has 2 atom stereocenters. The second kappa shape index (κ2) is 2.24. The first-order valence-electron chi connectivity index (χ1n) is 4.84. The van der Waals surface area contributed by atoms with Crippen LogP contribution in [0, 0.1) is 11.3 Å². The Labute approximate surface area is 74.6 Å². The third kappa shape index (κ3) is 1.09. The van der Waals surface area contributed by atoms with Crippen molar-refractivity contribution in [3.8, 4) is 0 Å². The summed E-state index contributed by atoms with van der Waals surface area (Å²) in [5.41, 5.74) is 0.600. The fourth-order valence-corrected chi connectivity index (χ4v) is 2.35. The molecule has 1 aliphatic heterocycles. The molecule has 2 unspecified atom stereocenters. The highest BCUT2D eigenvalue weighted by Gasteiger charge is 2.60. The molecular weight excluding hydrogens is 150 g/mol. The maximum atomic E-state index is 9.22. The van der Waals surface area contributed by atoms with Gasteiger partial charge in [-0.2, -0.15) is 0 Å². The van der Waals surface area contributed by atoms with Gasteiger partial charge in [-0.3, -0.25) is 4.90 Å². The number of nitrogens with zero attached hydrogens (tertiary/aromatic N) is 1. The molecule has 1 aliphatic carbocycles. The zero-order chi connectivity index (χ0) is 8.98. The summed E-state index contributed by atoms with van der Waals surface area (Å²) in [6.45, 7) is 9.46. The summed E-state index contributed by atoms with van der Waals surface area (Å²) in [6.07, 6.45) is 1.26. The van der Waals surface area contributed by atoms with Crippen molar-refractivity contribution in [1.29, 1.82) is 0 Å². The van der Waals surface area contributed by atoms with Gasteiger partial charge in [-0.05, 0) is 33.1 Å². The van der Waals surface area contributed by atoms with Gasteiger partial charge in [0.2, 0.25) is 0 Å². The van der Waals surface area contributed by atoms with Crippen LogP contribution in [-0.4, -0.2) is 35.2 Å². The van der Waals surface area contributed by atoms with Crippen molar-refractivity contribution in [3.05, 3.63) is 0 Å². The van der Waals surface area contributed by atoms with Crippen LogP contribution in [0.15, 0.2) is 0 Å². The molecule has 0 spiro atoms. The second-order valence-electron chi connectivity index (χ2n) is 5.47. The van der Waals surface area contributed by atoms with Gasteiger partial charge in [-0.25, -0.2) is 0 Å². The molecule has 1 saturated heterocycles. The van der Waals surface area contributed by atoms with Gasteiger partial charge in [0.1, 0.15) is 0 Å². The van der Waals surface area contributed by atoms with Crippen molar-refractivity contribution in [3.63, 3.8) is 0 Å². The fourth-order valence-electron chi connectivity index (χ4n) is 2.35. The molecular formula is C10H19NO. The number of hydrogen-bond donors (Lipinski definition) is 1. The van der Waals surface area contributed by atoms with Crippen LogP contribution >= 0.6 is 0 Å². The number of aliphatic hydroxyl groups is 1. The highest BCUT2D eigenvalue weighted by Crippen LogP contribution is 2.58. The third-order valence-electron chi connectivity index (χ3n) is 3.57. The summed E-state index contributed by atoms with van der Waals surface area (Å²) >= 11 is 0. The normalized spacial score (nSPS) is 41.5. The molecule has 1 N–H and O–H groups in total. The third-order valence-corrected chi connectivity index (χ3v) is 3.57. The van der Waals surface area contributed by atoms with Crippen LogP contribution in [0.5, 0.6) is 0 Å². The van der Waals surface area contributed by atoms with E-state index in [0.29, 0.717) is 12.0 Å². The smallest absolute Gasteiger partial charge is 0.0502 e. The standard InChI is InChI=1S/C10H19NO/c1-9(2,3)11-5-8-4-10(8,6-11)7-12/h8,12H,4-7H2,1-3H3. The lowest BCUT2D eigenvalue weighted by molar-refractivity contribution is 0.123. The van der Waals surface area contributed by atoms with E-state index in [1.54, 1.807) is 0 Å². The van der Waals surface area contributed by atoms with E-state index in [2.05, 4.69) is 25.7 Å². The molecule has 1 heterocycles. The molecule has 0 aromatic rings. The zero-order valence-corrected chi connectivity index (χ0v) is 8.30. The first kappa shape index (κ1) is 8.52. The Morgan fingerprint density at radius 2 is 2.17 bits per heavy atom. The van der Waals surface area contributed by atoms with Gasteiger partial charge in [0.25, 0.3) is 0 Å². The van der Waals surface area contributed by atoms with Crippen LogP contribution in [0.3, 0.4) is 0 Å². The van der Waals surface area contributed by atoms with E-state index in [0.717, 1.165) is 12.5 Å². The average Bonchev–Trinajstić information content (AvgIpc) is 2.53. The molecule has 12 heavy (non-hydrogen) atoms. The summed E-state index contributed by atoms with van der Waals surface area (Å²) < 4.78 is 0. The topological polar surface area (TPSA) is 23.5 Å². The van der Waals surface area contributed by atoms with Crippen molar-refractivity contribution in [2.75, 3.05) is 19.7 Å². The number of likely N-dealkylation sites (tertiary alicyclic amines) is 1. The maximum absolute atomic E-state index is 9.22. The molecule has 2 nitrogen and oxygen atoms in total. The van der Waals surface area contributed by atoms with Crippen molar-refractivity contribution in [2.45, 2.75) is 32.7 Å². The van der Waals surface area contributed by atoms with Crippen molar-refractivity contribution in [1.82, 2.24) is 4.90 Å². The molecule has 0 radical (unpaired) electrons. The second-order valence-corrected chi connectivity index (χ2v) is 5.47. The number of rotatable bonds is 1. The van der Waals surface area contributed by atoms with Crippen LogP contribution in [0.1, 0.15) is 27.2 Å². The van der Waals surface area contributed by atoms with E-state index in [1.807, 2.05) is 0 Å². The molecule has 70 valence electrons. The molecule has 0 aromatic carbocycles. The number of piperidine rings is 1. The highest BCUT2D eigenvalue weighted by molar-refractivity contribution is 5.11. The molecule has 2 rings (SSSR count). The SMILES string of the molecule is CC(C)(C)N1CC2CC2(CO)C1. The highest BCUT2D eigenvalue weighted by atomic mass is 16.3. The average molecular weight is 169 g/mol. The lowest BCUT2D eigenvalue weighted by Gasteiger charge is -2.33. The first-order chi connectivity index (χ1) is 5.48. The van der Waals surface area contributed by atoms with E-state index < -0.39 is 0 Å². The number of fused-ring (bicyclic) bond motifs is 1. The number of aliphatic hydroxyl groups excluding tert-OH is 1. The Morgan fingerprint density at radius 1 is 1.50 bits per heavy atom. The van der Waals surface area contributed by atoms with Gasteiger partial charge < -0.3 is 5.11 Å². The minimum Gasteiger partial charge on any atom is -0.396 e. The van der Waals surface area contributed by atoms with Gasteiger partial charge in [-0.15, -0.1) is 0 Å². The molecule has 0 aromatic heterocycles. The molecule has 0 amide bonds. The van der Waals surface area contributed by atoms with Crippen LogP contribution in [-0.2, 0) is 0 Å². The van der Waals surface area contributed by atoms with E-state index in [-0.39, 0.29) is 5.54 Å². The summed E-state index contributed by atoms with van der Waals surface area (Å²) in [5.74, 6) is 0.793. The maximum Gasteiger partial charge on any atom is 0.0502 e. The molecule has 0 bridgehead atoms. The summed E-state index contributed by atoms with van der Waals surface area (Å²) in [6, 6.07) is 0. The monoisotopic (exact) mass is 169 g/mol. The Hall–Kier alpha value is -0.0800. The Morgan fingerprint density at radius 3 is 2.50 bits per heavy atom. The van der Waals surface area contributed by atoms with E-state index in [4.69, 9.17) is 0 Å². The lowest BCUT2D eigenvalue weighted by atomic mass is 10.0. The summed E-state index contributed by atoms with van der Waals surface area (Å²) in [4.78, 5) is 2.50. The quantitative estimate of drug-likeness (QED) is 0.635. The lowest BCUT2D eigenvalue weighted by Crippen LogP contribution is -2.41. The molecule has 2 aliphatic rings. The molecule has 2 fully saturated rings. The van der Waals surface area contributed by atoms with Gasteiger partial charge in [0, 0.05) is 24.0 Å². The Balaban J connectivity index is 2.02. The van der Waals surface area contributed by atoms with Crippen molar-refractivity contribution >= 4 is 0 Å². The van der Waals surface area contributed by atoms with Gasteiger partial charge in [0.15, 0.2) is 0 Å². The zero-order valence-electron chi connectivity index (χ0n) is 8.30. The Kier molecular flexibility index (Phi) is 1.59. The van der Waals surface area contributed by atoms with Crippen LogP contribution in [0.25, 0.3) is 0 Å². The van der Waals surface area contributed by atoms with E-state index >= 15 is 0 Å².